The number of nitrogens with one attached hydrogen (secondary N) is 3. The van der Waals surface area contributed by atoms with Gasteiger partial charge < -0.3 is 20.9 Å². The zero-order valence-electron chi connectivity index (χ0n) is 17.1. The molecule has 1 heterocycles. The summed E-state index contributed by atoms with van der Waals surface area (Å²) in [5, 5.41) is 10.0. The molecule has 3 N–H and O–H groups in total. The Morgan fingerprint density at radius 2 is 1.86 bits per heavy atom. The van der Waals surface area contributed by atoms with Crippen LogP contribution in [0.25, 0.3) is 0 Å². The molecule has 0 radical (unpaired) electrons. The molecule has 0 bridgehead atoms. The summed E-state index contributed by atoms with van der Waals surface area (Å²) in [7, 11) is 0. The number of amides is 1. The van der Waals surface area contributed by atoms with E-state index < -0.39 is 0 Å². The van der Waals surface area contributed by atoms with Crippen molar-refractivity contribution in [1.82, 2.24) is 16.0 Å². The molecule has 2 aliphatic rings. The number of carbonyl (C=O) groups excluding carboxylic acids is 1. The van der Waals surface area contributed by atoms with E-state index in [9.17, 15) is 4.79 Å². The Bertz CT molecular complexity index is 627. The predicted octanol–water partition coefficient (Wildman–Crippen LogP) is 2.66. The first-order valence-corrected chi connectivity index (χ1v) is 10.9. The Balaban J connectivity index is 1.43. The Morgan fingerprint density at radius 3 is 2.61 bits per heavy atom. The number of carbonyl (C=O) groups is 1. The van der Waals surface area contributed by atoms with Crippen molar-refractivity contribution in [2.45, 2.75) is 64.0 Å². The lowest BCUT2D eigenvalue weighted by Crippen LogP contribution is -2.44. The highest BCUT2D eigenvalue weighted by molar-refractivity contribution is 5.81. The van der Waals surface area contributed by atoms with Gasteiger partial charge in [0.15, 0.2) is 5.96 Å². The Kier molecular flexibility index (Phi) is 8.00. The van der Waals surface area contributed by atoms with Crippen LogP contribution in [0.4, 0.5) is 5.69 Å². The zero-order chi connectivity index (χ0) is 19.6. The van der Waals surface area contributed by atoms with Gasteiger partial charge in [-0.25, -0.2) is 0 Å². The van der Waals surface area contributed by atoms with Gasteiger partial charge >= 0.3 is 0 Å². The predicted molar refractivity (Wildman–Crippen MR) is 116 cm³/mol. The van der Waals surface area contributed by atoms with Gasteiger partial charge in [0.25, 0.3) is 0 Å². The normalized spacial score (nSPS) is 20.8. The highest BCUT2D eigenvalue weighted by Gasteiger charge is 2.23. The fourth-order valence-electron chi connectivity index (χ4n) is 4.08. The number of anilines is 1. The highest BCUT2D eigenvalue weighted by Crippen LogP contribution is 2.19. The fraction of sp³-hybridized carbons (Fsp3) is 0.636. The molecule has 1 aromatic rings. The summed E-state index contributed by atoms with van der Waals surface area (Å²) in [6.07, 6.45) is 7.56. The molecule has 154 valence electrons. The molecule has 0 aromatic heterocycles. The molecule has 1 aliphatic heterocycles. The fourth-order valence-corrected chi connectivity index (χ4v) is 4.08. The molecule has 1 atom stereocenters. The van der Waals surface area contributed by atoms with Crippen LogP contribution < -0.4 is 20.9 Å². The van der Waals surface area contributed by atoms with Crippen LogP contribution in [-0.4, -0.2) is 50.1 Å². The summed E-state index contributed by atoms with van der Waals surface area (Å²) >= 11 is 0. The van der Waals surface area contributed by atoms with Crippen molar-refractivity contribution in [3.8, 4) is 0 Å². The lowest BCUT2D eigenvalue weighted by Gasteiger charge is -2.22. The Morgan fingerprint density at radius 1 is 1.07 bits per heavy atom. The molecule has 28 heavy (non-hydrogen) atoms. The Labute approximate surface area is 169 Å². The molecule has 3 rings (SSSR count). The number of benzene rings is 1. The quantitative estimate of drug-likeness (QED) is 0.499. The lowest BCUT2D eigenvalue weighted by atomic mass is 9.95. The van der Waals surface area contributed by atoms with E-state index in [1.54, 1.807) is 0 Å². The number of hydrogen-bond donors (Lipinski definition) is 3. The van der Waals surface area contributed by atoms with Crippen molar-refractivity contribution < 1.29 is 4.79 Å². The van der Waals surface area contributed by atoms with Crippen LogP contribution in [0.15, 0.2) is 35.3 Å². The van der Waals surface area contributed by atoms with Crippen LogP contribution in [0.2, 0.25) is 0 Å². The summed E-state index contributed by atoms with van der Waals surface area (Å²) in [6.45, 7) is 5.41. The molecule has 6 heteroatoms. The summed E-state index contributed by atoms with van der Waals surface area (Å²) in [5.41, 5.74) is 1.27. The van der Waals surface area contributed by atoms with Gasteiger partial charge in [-0.05, 0) is 38.3 Å². The third-order valence-corrected chi connectivity index (χ3v) is 5.57. The summed E-state index contributed by atoms with van der Waals surface area (Å²) in [4.78, 5) is 19.2. The minimum Gasteiger partial charge on any atom is -0.369 e. The number of rotatable bonds is 7. The monoisotopic (exact) mass is 385 g/mol. The standard InChI is InChI=1S/C22H35N5O/c1-2-23-22(24-15-13-21(28)25-18-9-5-3-6-10-18)26-19-14-16-27(17-19)20-11-7-4-8-12-20/h4,7-8,11-12,18-19H,2-3,5-6,9-10,13-17H2,1H3,(H,25,28)(H2,23,24,26). The van der Waals surface area contributed by atoms with Crippen molar-refractivity contribution in [3.63, 3.8) is 0 Å². The van der Waals surface area contributed by atoms with Gasteiger partial charge in [-0.15, -0.1) is 0 Å². The first-order valence-electron chi connectivity index (χ1n) is 10.9. The van der Waals surface area contributed by atoms with E-state index in [1.807, 2.05) is 0 Å². The van der Waals surface area contributed by atoms with Gasteiger partial charge in [0.05, 0.1) is 6.54 Å². The minimum absolute atomic E-state index is 0.127. The second-order valence-corrected chi connectivity index (χ2v) is 7.82. The molecular weight excluding hydrogens is 350 g/mol. The molecule has 1 saturated carbocycles. The molecule has 2 fully saturated rings. The van der Waals surface area contributed by atoms with E-state index in [0.29, 0.717) is 25.0 Å². The van der Waals surface area contributed by atoms with Crippen molar-refractivity contribution >= 4 is 17.6 Å². The van der Waals surface area contributed by atoms with E-state index >= 15 is 0 Å². The molecule has 1 aliphatic carbocycles. The molecule has 1 amide bonds. The van der Waals surface area contributed by atoms with Gasteiger partial charge in [0.2, 0.25) is 5.91 Å². The summed E-state index contributed by atoms with van der Waals surface area (Å²) < 4.78 is 0. The van der Waals surface area contributed by atoms with Crippen molar-refractivity contribution in [2.24, 2.45) is 4.99 Å². The van der Waals surface area contributed by atoms with Gasteiger partial charge in [0, 0.05) is 43.8 Å². The maximum atomic E-state index is 12.2. The van der Waals surface area contributed by atoms with E-state index in [-0.39, 0.29) is 5.91 Å². The van der Waals surface area contributed by atoms with Crippen LogP contribution in [0.5, 0.6) is 0 Å². The van der Waals surface area contributed by atoms with E-state index in [2.05, 4.69) is 63.1 Å². The Hall–Kier alpha value is -2.24. The number of aliphatic imine (C=N–C) groups is 1. The van der Waals surface area contributed by atoms with Gasteiger partial charge in [-0.3, -0.25) is 9.79 Å². The average Bonchev–Trinajstić information content (AvgIpc) is 3.18. The number of nitrogens with zero attached hydrogens (tertiary/aromatic N) is 2. The number of para-hydroxylation sites is 1. The van der Waals surface area contributed by atoms with Crippen molar-refractivity contribution in [3.05, 3.63) is 30.3 Å². The smallest absolute Gasteiger partial charge is 0.222 e. The van der Waals surface area contributed by atoms with Crippen LogP contribution in [0.1, 0.15) is 51.9 Å². The van der Waals surface area contributed by atoms with Gasteiger partial charge in [0.1, 0.15) is 0 Å². The molecular formula is C22H35N5O. The second-order valence-electron chi connectivity index (χ2n) is 7.82. The van der Waals surface area contributed by atoms with E-state index in [0.717, 1.165) is 44.9 Å². The zero-order valence-corrected chi connectivity index (χ0v) is 17.1. The minimum atomic E-state index is 0.127. The van der Waals surface area contributed by atoms with Gasteiger partial charge in [-0.2, -0.15) is 0 Å². The van der Waals surface area contributed by atoms with Crippen molar-refractivity contribution in [1.29, 1.82) is 0 Å². The summed E-state index contributed by atoms with van der Waals surface area (Å²) in [5.74, 6) is 0.940. The topological polar surface area (TPSA) is 68.8 Å². The van der Waals surface area contributed by atoms with Crippen molar-refractivity contribution in [2.75, 3.05) is 31.1 Å². The molecule has 1 unspecified atom stereocenters. The number of guanidine groups is 1. The molecule has 1 aromatic carbocycles. The first kappa shape index (κ1) is 20.5. The molecule has 6 nitrogen and oxygen atoms in total. The molecule has 1 saturated heterocycles. The lowest BCUT2D eigenvalue weighted by molar-refractivity contribution is -0.121. The third kappa shape index (κ3) is 6.43. The highest BCUT2D eigenvalue weighted by atomic mass is 16.1. The van der Waals surface area contributed by atoms with E-state index in [4.69, 9.17) is 0 Å². The maximum absolute atomic E-state index is 12.2. The average molecular weight is 386 g/mol. The van der Waals surface area contributed by atoms with Crippen LogP contribution in [0.3, 0.4) is 0 Å². The van der Waals surface area contributed by atoms with Crippen LogP contribution >= 0.6 is 0 Å². The van der Waals surface area contributed by atoms with E-state index in [1.165, 1.54) is 24.9 Å². The van der Waals surface area contributed by atoms with Crippen LogP contribution in [0, 0.1) is 0 Å². The number of hydrogen-bond acceptors (Lipinski definition) is 3. The van der Waals surface area contributed by atoms with Gasteiger partial charge in [-0.1, -0.05) is 37.5 Å². The summed E-state index contributed by atoms with van der Waals surface area (Å²) in [6, 6.07) is 11.3. The maximum Gasteiger partial charge on any atom is 0.222 e. The SMILES string of the molecule is CCNC(=NCCC(=O)NC1CCCCC1)NC1CCN(c2ccccc2)C1. The first-order chi connectivity index (χ1) is 13.7. The third-order valence-electron chi connectivity index (χ3n) is 5.57. The molecule has 0 spiro atoms. The largest absolute Gasteiger partial charge is 0.369 e. The second kappa shape index (κ2) is 10.9. The van der Waals surface area contributed by atoms with Crippen LogP contribution in [-0.2, 0) is 4.79 Å².